The third-order valence-electron chi connectivity index (χ3n) is 5.05. The lowest BCUT2D eigenvalue weighted by Crippen LogP contribution is -2.26. The van der Waals surface area contributed by atoms with Crippen molar-refractivity contribution in [2.24, 2.45) is 0 Å². The first-order valence-corrected chi connectivity index (χ1v) is 10.0. The van der Waals surface area contributed by atoms with Gasteiger partial charge in [0.25, 0.3) is 5.91 Å². The van der Waals surface area contributed by atoms with Crippen LogP contribution in [0.25, 0.3) is 11.0 Å². The molecule has 4 aromatic rings. The maximum Gasteiger partial charge on any atom is 0.254 e. The number of ether oxygens (including phenoxy) is 1. The molecule has 30 heavy (non-hydrogen) atoms. The zero-order chi connectivity index (χ0) is 20.9. The van der Waals surface area contributed by atoms with Crippen LogP contribution in [0.5, 0.6) is 5.75 Å². The maximum atomic E-state index is 13.1. The van der Waals surface area contributed by atoms with E-state index in [1.165, 1.54) is 0 Å². The number of carbonyl (C=O) groups is 1. The molecule has 5 nitrogen and oxygen atoms in total. The molecule has 0 fully saturated rings. The van der Waals surface area contributed by atoms with E-state index in [0.717, 1.165) is 34.3 Å². The van der Waals surface area contributed by atoms with Gasteiger partial charge in [-0.1, -0.05) is 37.3 Å². The molecule has 0 N–H and O–H groups in total. The number of carbonyl (C=O) groups excluding carboxylic acids is 1. The number of hydrogen-bond acceptors (Lipinski definition) is 4. The van der Waals surface area contributed by atoms with Gasteiger partial charge in [0.1, 0.15) is 23.7 Å². The Morgan fingerprint density at radius 3 is 2.77 bits per heavy atom. The summed E-state index contributed by atoms with van der Waals surface area (Å²) in [6.07, 6.45) is 4.28. The minimum Gasteiger partial charge on any atom is -0.489 e. The Morgan fingerprint density at radius 2 is 1.97 bits per heavy atom. The van der Waals surface area contributed by atoms with Gasteiger partial charge >= 0.3 is 0 Å². The van der Waals surface area contributed by atoms with Crippen LogP contribution in [0.4, 0.5) is 0 Å². The lowest BCUT2D eigenvalue weighted by atomic mass is 10.1. The van der Waals surface area contributed by atoms with E-state index in [1.807, 2.05) is 61.6 Å². The predicted molar refractivity (Wildman–Crippen MR) is 116 cm³/mol. The number of amides is 1. The van der Waals surface area contributed by atoms with Gasteiger partial charge in [0.2, 0.25) is 0 Å². The molecule has 2 heterocycles. The van der Waals surface area contributed by atoms with Crippen molar-refractivity contribution in [2.75, 3.05) is 7.05 Å². The number of pyridine rings is 1. The number of para-hydroxylation sites is 1. The van der Waals surface area contributed by atoms with E-state index in [1.54, 1.807) is 23.4 Å². The first-order valence-electron chi connectivity index (χ1n) is 10.0. The number of fused-ring (bicyclic) bond motifs is 1. The van der Waals surface area contributed by atoms with Gasteiger partial charge in [0, 0.05) is 54.5 Å². The number of hydrogen-bond donors (Lipinski definition) is 0. The highest BCUT2D eigenvalue weighted by Crippen LogP contribution is 2.28. The molecule has 0 atom stereocenters. The number of aryl methyl sites for hydroxylation is 1. The minimum absolute atomic E-state index is 0.0610. The molecule has 0 spiro atoms. The lowest BCUT2D eigenvalue weighted by molar-refractivity contribution is 0.0784. The van der Waals surface area contributed by atoms with Crippen molar-refractivity contribution in [1.82, 2.24) is 9.88 Å². The smallest absolute Gasteiger partial charge is 0.254 e. The van der Waals surface area contributed by atoms with Crippen LogP contribution in [0.3, 0.4) is 0 Å². The Morgan fingerprint density at radius 1 is 1.10 bits per heavy atom. The molecule has 0 aliphatic rings. The molecule has 0 aliphatic heterocycles. The van der Waals surface area contributed by atoms with Crippen molar-refractivity contribution in [3.8, 4) is 5.75 Å². The molecule has 0 unspecified atom stereocenters. The zero-order valence-corrected chi connectivity index (χ0v) is 17.2. The lowest BCUT2D eigenvalue weighted by Gasteiger charge is -2.18. The molecule has 5 heteroatoms. The largest absolute Gasteiger partial charge is 0.489 e. The van der Waals surface area contributed by atoms with Crippen molar-refractivity contribution in [1.29, 1.82) is 0 Å². The quantitative estimate of drug-likeness (QED) is 0.426. The van der Waals surface area contributed by atoms with Crippen LogP contribution in [0, 0.1) is 0 Å². The van der Waals surface area contributed by atoms with Gasteiger partial charge in [0.05, 0.1) is 0 Å². The van der Waals surface area contributed by atoms with E-state index < -0.39 is 0 Å². The molecule has 4 rings (SSSR count). The monoisotopic (exact) mass is 400 g/mol. The average Bonchev–Trinajstić information content (AvgIpc) is 3.15. The van der Waals surface area contributed by atoms with Gasteiger partial charge < -0.3 is 14.1 Å². The molecule has 0 radical (unpaired) electrons. The maximum absolute atomic E-state index is 13.1. The number of rotatable bonds is 7. The fraction of sp³-hybridized carbons (Fsp3) is 0.200. The fourth-order valence-electron chi connectivity index (χ4n) is 3.51. The van der Waals surface area contributed by atoms with Gasteiger partial charge in [-0.2, -0.15) is 0 Å². The van der Waals surface area contributed by atoms with Gasteiger partial charge in [-0.3, -0.25) is 9.78 Å². The van der Waals surface area contributed by atoms with Gasteiger partial charge in [0.15, 0.2) is 0 Å². The van der Waals surface area contributed by atoms with E-state index in [4.69, 9.17) is 9.15 Å². The summed E-state index contributed by atoms with van der Waals surface area (Å²) in [7, 11) is 1.81. The summed E-state index contributed by atoms with van der Waals surface area (Å²) in [6, 6.07) is 19.1. The van der Waals surface area contributed by atoms with E-state index in [2.05, 4.69) is 11.9 Å². The second-order valence-corrected chi connectivity index (χ2v) is 7.19. The summed E-state index contributed by atoms with van der Waals surface area (Å²) < 4.78 is 11.8. The predicted octanol–water partition coefficient (Wildman–Crippen LogP) is 5.24. The van der Waals surface area contributed by atoms with Crippen LogP contribution in [0.1, 0.15) is 34.2 Å². The van der Waals surface area contributed by atoms with Crippen LogP contribution >= 0.6 is 0 Å². The second-order valence-electron chi connectivity index (χ2n) is 7.19. The van der Waals surface area contributed by atoms with Crippen molar-refractivity contribution >= 4 is 16.9 Å². The number of furan rings is 1. The summed E-state index contributed by atoms with van der Waals surface area (Å²) in [5, 5.41) is 1.06. The molecular weight excluding hydrogens is 376 g/mol. The second kappa shape index (κ2) is 8.82. The molecule has 0 saturated carbocycles. The van der Waals surface area contributed by atoms with Crippen LogP contribution < -0.4 is 4.74 Å². The summed E-state index contributed by atoms with van der Waals surface area (Å²) in [5.41, 5.74) is 3.49. The molecule has 152 valence electrons. The molecule has 2 aromatic carbocycles. The Labute approximate surface area is 175 Å². The van der Waals surface area contributed by atoms with E-state index in [0.29, 0.717) is 24.5 Å². The molecule has 0 aliphatic carbocycles. The summed E-state index contributed by atoms with van der Waals surface area (Å²) >= 11 is 0. The third kappa shape index (κ3) is 4.20. The van der Waals surface area contributed by atoms with Crippen molar-refractivity contribution in [2.45, 2.75) is 26.5 Å². The van der Waals surface area contributed by atoms with E-state index >= 15 is 0 Å². The van der Waals surface area contributed by atoms with Crippen molar-refractivity contribution < 1.29 is 13.9 Å². The first kappa shape index (κ1) is 19.7. The normalized spacial score (nSPS) is 10.9. The van der Waals surface area contributed by atoms with Crippen LogP contribution in [0.15, 0.2) is 77.5 Å². The highest BCUT2D eigenvalue weighted by Gasteiger charge is 2.18. The summed E-state index contributed by atoms with van der Waals surface area (Å²) in [5.74, 6) is 1.51. The summed E-state index contributed by atoms with van der Waals surface area (Å²) in [6.45, 7) is 2.95. The molecular formula is C25H24N2O3. The highest BCUT2D eigenvalue weighted by atomic mass is 16.5. The first-order chi connectivity index (χ1) is 14.7. The molecule has 1 amide bonds. The van der Waals surface area contributed by atoms with Gasteiger partial charge in [-0.25, -0.2) is 0 Å². The van der Waals surface area contributed by atoms with Crippen molar-refractivity contribution in [3.63, 3.8) is 0 Å². The summed E-state index contributed by atoms with van der Waals surface area (Å²) in [4.78, 5) is 18.9. The number of nitrogens with zero attached hydrogens (tertiary/aromatic N) is 2. The van der Waals surface area contributed by atoms with Crippen LogP contribution in [-0.4, -0.2) is 22.8 Å². The van der Waals surface area contributed by atoms with Crippen LogP contribution in [0.2, 0.25) is 0 Å². The zero-order valence-electron chi connectivity index (χ0n) is 17.2. The highest BCUT2D eigenvalue weighted by molar-refractivity contribution is 5.94. The third-order valence-corrected chi connectivity index (χ3v) is 5.05. The Kier molecular flexibility index (Phi) is 5.80. The Balaban J connectivity index is 1.49. The van der Waals surface area contributed by atoms with E-state index in [9.17, 15) is 4.79 Å². The molecule has 0 saturated heterocycles. The standard InChI is InChI=1S/C25H24N2O3/c1-3-23-22(21-11-4-5-12-24(21)30-23)16-27(2)25(28)19-9-6-10-20(14-19)29-17-18-8-7-13-26-15-18/h4-15H,3,16-17H2,1-2H3. The molecule has 2 aromatic heterocycles. The topological polar surface area (TPSA) is 55.6 Å². The SMILES string of the molecule is CCc1oc2ccccc2c1CN(C)C(=O)c1cccc(OCc2cccnc2)c1. The Hall–Kier alpha value is -3.60. The van der Waals surface area contributed by atoms with Gasteiger partial charge in [-0.15, -0.1) is 0 Å². The molecule has 0 bridgehead atoms. The van der Waals surface area contributed by atoms with Crippen molar-refractivity contribution in [3.05, 3.63) is 95.5 Å². The minimum atomic E-state index is -0.0610. The van der Waals surface area contributed by atoms with Gasteiger partial charge in [-0.05, 0) is 30.3 Å². The van der Waals surface area contributed by atoms with Crippen LogP contribution in [-0.2, 0) is 19.6 Å². The average molecular weight is 400 g/mol. The Bertz CT molecular complexity index is 1150. The number of aromatic nitrogens is 1. The fourth-order valence-corrected chi connectivity index (χ4v) is 3.51. The number of benzene rings is 2. The van der Waals surface area contributed by atoms with E-state index in [-0.39, 0.29) is 5.91 Å².